The lowest BCUT2D eigenvalue weighted by molar-refractivity contribution is 0.632. The minimum atomic E-state index is 0.136. The van der Waals surface area contributed by atoms with Gasteiger partial charge in [0.2, 0.25) is 0 Å². The molecule has 20 heavy (non-hydrogen) atoms. The average molecular weight is 306 g/mol. The largest absolute Gasteiger partial charge is 0.326 e. The van der Waals surface area contributed by atoms with E-state index in [1.165, 1.54) is 16.0 Å². The molecule has 0 aliphatic carbocycles. The van der Waals surface area contributed by atoms with Crippen molar-refractivity contribution in [2.75, 3.05) is 0 Å². The molecule has 0 saturated carbocycles. The number of benzene rings is 2. The van der Waals surface area contributed by atoms with E-state index in [2.05, 4.69) is 50.2 Å². The van der Waals surface area contributed by atoms with Crippen molar-refractivity contribution in [2.45, 2.75) is 36.5 Å². The van der Waals surface area contributed by atoms with Crippen LogP contribution in [0.2, 0.25) is 5.02 Å². The van der Waals surface area contributed by atoms with Crippen molar-refractivity contribution in [3.63, 3.8) is 0 Å². The van der Waals surface area contributed by atoms with Crippen molar-refractivity contribution >= 4 is 23.4 Å². The fourth-order valence-electron chi connectivity index (χ4n) is 2.16. The first-order valence-corrected chi connectivity index (χ1v) is 8.11. The van der Waals surface area contributed by atoms with E-state index in [4.69, 9.17) is 17.3 Å². The average Bonchev–Trinajstić information content (AvgIpc) is 2.47. The molecule has 2 N–H and O–H groups in total. The van der Waals surface area contributed by atoms with Crippen molar-refractivity contribution in [2.24, 2.45) is 5.73 Å². The van der Waals surface area contributed by atoms with E-state index < -0.39 is 0 Å². The van der Waals surface area contributed by atoms with Gasteiger partial charge in [0.15, 0.2) is 0 Å². The van der Waals surface area contributed by atoms with Crippen molar-refractivity contribution < 1.29 is 0 Å². The molecule has 0 bridgehead atoms. The predicted octanol–water partition coefficient (Wildman–Crippen LogP) is 5.22. The van der Waals surface area contributed by atoms with Crippen molar-refractivity contribution in [3.8, 4) is 0 Å². The molecule has 3 heteroatoms. The van der Waals surface area contributed by atoms with Gasteiger partial charge in [-0.3, -0.25) is 0 Å². The lowest BCUT2D eigenvalue weighted by Crippen LogP contribution is -2.26. The Balaban J connectivity index is 2.29. The molecular weight excluding hydrogens is 286 g/mol. The molecule has 2 rings (SSSR count). The van der Waals surface area contributed by atoms with Gasteiger partial charge in [-0.25, -0.2) is 0 Å². The normalized spacial score (nSPS) is 14.0. The minimum Gasteiger partial charge on any atom is -0.326 e. The van der Waals surface area contributed by atoms with Crippen molar-refractivity contribution in [1.82, 2.24) is 0 Å². The Bertz CT molecular complexity index is 553. The Morgan fingerprint density at radius 1 is 1.10 bits per heavy atom. The molecule has 2 aromatic carbocycles. The van der Waals surface area contributed by atoms with Gasteiger partial charge >= 0.3 is 0 Å². The smallest absolute Gasteiger partial charge is 0.0498 e. The predicted molar refractivity (Wildman–Crippen MR) is 89.5 cm³/mol. The first-order chi connectivity index (χ1) is 9.61. The highest BCUT2D eigenvalue weighted by molar-refractivity contribution is 7.99. The summed E-state index contributed by atoms with van der Waals surface area (Å²) in [6.07, 6.45) is 0.958. The van der Waals surface area contributed by atoms with Crippen LogP contribution >= 0.6 is 23.4 Å². The summed E-state index contributed by atoms with van der Waals surface area (Å²) < 4.78 is 0. The summed E-state index contributed by atoms with van der Waals surface area (Å²) in [6.45, 7) is 4.28. The van der Waals surface area contributed by atoms with E-state index in [9.17, 15) is 0 Å². The van der Waals surface area contributed by atoms with E-state index in [0.717, 1.165) is 11.4 Å². The first-order valence-electron chi connectivity index (χ1n) is 6.85. The van der Waals surface area contributed by atoms with Gasteiger partial charge in [0.1, 0.15) is 0 Å². The second-order valence-electron chi connectivity index (χ2n) is 4.92. The highest BCUT2D eigenvalue weighted by atomic mass is 35.5. The highest BCUT2D eigenvalue weighted by Gasteiger charge is 2.21. The summed E-state index contributed by atoms with van der Waals surface area (Å²) in [5.41, 5.74) is 8.96. The van der Waals surface area contributed by atoms with Gasteiger partial charge in [-0.05, 0) is 48.7 Å². The van der Waals surface area contributed by atoms with Gasteiger partial charge in [0.05, 0.1) is 0 Å². The number of hydrogen-bond acceptors (Lipinski definition) is 2. The number of rotatable bonds is 5. The molecule has 0 aliphatic heterocycles. The number of nitrogens with two attached hydrogens (primary N) is 1. The van der Waals surface area contributed by atoms with E-state index in [0.29, 0.717) is 0 Å². The van der Waals surface area contributed by atoms with Crippen molar-refractivity contribution in [1.29, 1.82) is 0 Å². The minimum absolute atomic E-state index is 0.136. The Morgan fingerprint density at radius 2 is 1.75 bits per heavy atom. The zero-order chi connectivity index (χ0) is 14.5. The van der Waals surface area contributed by atoms with Gasteiger partial charge < -0.3 is 5.73 Å². The second kappa shape index (κ2) is 7.16. The van der Waals surface area contributed by atoms with Crippen LogP contribution in [0.3, 0.4) is 0 Å². The summed E-state index contributed by atoms with van der Waals surface area (Å²) in [7, 11) is 0. The molecule has 0 aliphatic rings. The molecule has 2 atom stereocenters. The van der Waals surface area contributed by atoms with Crippen molar-refractivity contribution in [3.05, 3.63) is 64.7 Å². The summed E-state index contributed by atoms with van der Waals surface area (Å²) in [6, 6.07) is 16.6. The molecule has 0 spiro atoms. The number of thioether (sulfide) groups is 1. The molecule has 2 unspecified atom stereocenters. The number of aryl methyl sites for hydroxylation is 1. The van der Waals surface area contributed by atoms with Crippen LogP contribution in [0.5, 0.6) is 0 Å². The third-order valence-corrected chi connectivity index (χ3v) is 5.09. The molecular formula is C17H20ClNS. The van der Waals surface area contributed by atoms with E-state index in [1.807, 2.05) is 23.9 Å². The molecule has 0 heterocycles. The highest BCUT2D eigenvalue weighted by Crippen LogP contribution is 2.39. The Hall–Kier alpha value is -0.960. The maximum absolute atomic E-state index is 6.35. The van der Waals surface area contributed by atoms with E-state index in [1.54, 1.807) is 0 Å². The van der Waals surface area contributed by atoms with Crippen LogP contribution < -0.4 is 5.73 Å². The number of hydrogen-bond donors (Lipinski definition) is 1. The van der Waals surface area contributed by atoms with E-state index >= 15 is 0 Å². The Morgan fingerprint density at radius 3 is 2.35 bits per heavy atom. The van der Waals surface area contributed by atoms with E-state index in [-0.39, 0.29) is 11.3 Å². The topological polar surface area (TPSA) is 26.0 Å². The number of halogens is 1. The SMILES string of the molecule is CCC(N)C(Sc1ccc(Cl)cc1)c1ccccc1C. The van der Waals surface area contributed by atoms with Gasteiger partial charge in [0, 0.05) is 21.2 Å². The van der Waals surface area contributed by atoms with Gasteiger partial charge in [-0.1, -0.05) is 42.8 Å². The second-order valence-corrected chi connectivity index (χ2v) is 6.57. The van der Waals surface area contributed by atoms with Crippen LogP contribution in [-0.4, -0.2) is 6.04 Å². The first kappa shape index (κ1) is 15.4. The molecule has 0 amide bonds. The fourth-order valence-corrected chi connectivity index (χ4v) is 3.63. The monoisotopic (exact) mass is 305 g/mol. The molecule has 0 aromatic heterocycles. The quantitative estimate of drug-likeness (QED) is 0.766. The van der Waals surface area contributed by atoms with Crippen LogP contribution in [0.25, 0.3) is 0 Å². The summed E-state index contributed by atoms with van der Waals surface area (Å²) >= 11 is 7.76. The summed E-state index contributed by atoms with van der Waals surface area (Å²) in [5, 5.41) is 1.03. The summed E-state index contributed by atoms with van der Waals surface area (Å²) in [4.78, 5) is 1.20. The van der Waals surface area contributed by atoms with Crippen LogP contribution in [0, 0.1) is 6.92 Å². The summed E-state index contributed by atoms with van der Waals surface area (Å²) in [5.74, 6) is 0. The van der Waals surface area contributed by atoms with Crippen LogP contribution in [-0.2, 0) is 0 Å². The molecule has 0 saturated heterocycles. The molecule has 2 aromatic rings. The van der Waals surface area contributed by atoms with Crippen LogP contribution in [0.15, 0.2) is 53.4 Å². The van der Waals surface area contributed by atoms with Crippen LogP contribution in [0.1, 0.15) is 29.7 Å². The lowest BCUT2D eigenvalue weighted by atomic mass is 10.00. The van der Waals surface area contributed by atoms with Gasteiger partial charge in [-0.15, -0.1) is 11.8 Å². The third kappa shape index (κ3) is 3.78. The van der Waals surface area contributed by atoms with Gasteiger partial charge in [-0.2, -0.15) is 0 Å². The lowest BCUT2D eigenvalue weighted by Gasteiger charge is -2.24. The molecule has 1 nitrogen and oxygen atoms in total. The van der Waals surface area contributed by atoms with Crippen LogP contribution in [0.4, 0.5) is 0 Å². The zero-order valence-corrected chi connectivity index (χ0v) is 13.4. The standard InChI is InChI=1S/C17H20ClNS/c1-3-16(19)17(15-7-5-4-6-12(15)2)20-14-10-8-13(18)9-11-14/h4-11,16-17H,3,19H2,1-2H3. The Kier molecular flexibility index (Phi) is 5.53. The molecule has 0 fully saturated rings. The zero-order valence-electron chi connectivity index (χ0n) is 11.8. The fraction of sp³-hybridized carbons (Fsp3) is 0.294. The molecule has 106 valence electrons. The molecule has 0 radical (unpaired) electrons. The maximum atomic E-state index is 6.35. The third-order valence-electron chi connectivity index (χ3n) is 3.43. The Labute approximate surface area is 130 Å². The van der Waals surface area contributed by atoms with Gasteiger partial charge in [0.25, 0.3) is 0 Å². The maximum Gasteiger partial charge on any atom is 0.0498 e.